The van der Waals surface area contributed by atoms with Crippen molar-refractivity contribution in [3.8, 4) is 0 Å². The summed E-state index contributed by atoms with van der Waals surface area (Å²) in [6.07, 6.45) is 2.22. The first-order valence-corrected chi connectivity index (χ1v) is 7.82. The molecule has 0 fully saturated rings. The van der Waals surface area contributed by atoms with Crippen LogP contribution in [0.4, 0.5) is 0 Å². The van der Waals surface area contributed by atoms with Crippen LogP contribution < -0.4 is 0 Å². The molecular formula is C16H13NS2. The van der Waals surface area contributed by atoms with E-state index in [1.54, 1.807) is 22.7 Å². The lowest BCUT2D eigenvalue weighted by Gasteiger charge is -2.05. The molecule has 0 spiro atoms. The molecule has 0 radical (unpaired) electrons. The molecule has 19 heavy (non-hydrogen) atoms. The van der Waals surface area contributed by atoms with Crippen LogP contribution >= 0.6 is 22.7 Å². The third-order valence-corrected chi connectivity index (χ3v) is 4.50. The molecule has 3 heteroatoms. The van der Waals surface area contributed by atoms with Gasteiger partial charge in [0.25, 0.3) is 0 Å². The van der Waals surface area contributed by atoms with Crippen molar-refractivity contribution in [2.24, 2.45) is 0 Å². The lowest BCUT2D eigenvalue weighted by atomic mass is 10.1. The number of pyridine rings is 1. The third kappa shape index (κ3) is 2.83. The summed E-state index contributed by atoms with van der Waals surface area (Å²) in [6.45, 7) is 2.03. The Kier molecular flexibility index (Phi) is 3.58. The summed E-state index contributed by atoms with van der Waals surface area (Å²) in [7, 11) is 0. The zero-order valence-electron chi connectivity index (χ0n) is 10.5. The van der Waals surface area contributed by atoms with Gasteiger partial charge >= 0.3 is 0 Å². The van der Waals surface area contributed by atoms with Gasteiger partial charge in [0.15, 0.2) is 0 Å². The van der Waals surface area contributed by atoms with Gasteiger partial charge in [-0.15, -0.1) is 22.7 Å². The zero-order valence-corrected chi connectivity index (χ0v) is 12.2. The molecule has 0 unspecified atom stereocenters. The van der Waals surface area contributed by atoms with E-state index in [0.29, 0.717) is 0 Å². The predicted molar refractivity (Wildman–Crippen MR) is 84.6 cm³/mol. The second-order valence-electron chi connectivity index (χ2n) is 4.21. The molecule has 1 nitrogen and oxygen atoms in total. The van der Waals surface area contributed by atoms with Crippen LogP contribution in [0.2, 0.25) is 0 Å². The first kappa shape index (κ1) is 12.3. The minimum Gasteiger partial charge on any atom is -0.253 e. The second-order valence-corrected chi connectivity index (χ2v) is 6.14. The largest absolute Gasteiger partial charge is 0.253 e. The number of hydrogen-bond acceptors (Lipinski definition) is 3. The second kappa shape index (κ2) is 5.51. The highest BCUT2D eigenvalue weighted by Gasteiger charge is 2.08. The highest BCUT2D eigenvalue weighted by molar-refractivity contribution is 7.12. The quantitative estimate of drug-likeness (QED) is 0.651. The Hall–Kier alpha value is -1.71. The van der Waals surface area contributed by atoms with Crippen molar-refractivity contribution in [2.45, 2.75) is 6.92 Å². The van der Waals surface area contributed by atoms with Crippen LogP contribution in [0, 0.1) is 6.92 Å². The summed E-state index contributed by atoms with van der Waals surface area (Å²) in [5.41, 5.74) is 3.28. The maximum atomic E-state index is 4.65. The van der Waals surface area contributed by atoms with Crippen LogP contribution in [0.15, 0.2) is 53.2 Å². The fourth-order valence-corrected chi connectivity index (χ4v) is 3.32. The van der Waals surface area contributed by atoms with Gasteiger partial charge in [-0.05, 0) is 48.0 Å². The number of hydrogen-bond donors (Lipinski definition) is 0. The summed E-state index contributed by atoms with van der Waals surface area (Å²) < 4.78 is 0. The maximum Gasteiger partial charge on any atom is 0.0719 e. The molecule has 94 valence electrons. The van der Waals surface area contributed by atoms with Crippen LogP contribution in [-0.2, 0) is 0 Å². The Balaban J connectivity index is 2.12. The first-order valence-electron chi connectivity index (χ1n) is 6.06. The average molecular weight is 283 g/mol. The SMILES string of the molecule is Cc1cccc(C(=Cc2cccs2)c2cccs2)n1. The number of aryl methyl sites for hydroxylation is 1. The van der Waals surface area contributed by atoms with Gasteiger partial charge in [0, 0.05) is 21.0 Å². The lowest BCUT2D eigenvalue weighted by molar-refractivity contribution is 1.17. The Labute approximate surface area is 120 Å². The van der Waals surface area contributed by atoms with Gasteiger partial charge in [-0.2, -0.15) is 0 Å². The van der Waals surface area contributed by atoms with E-state index in [2.05, 4.69) is 58.2 Å². The smallest absolute Gasteiger partial charge is 0.0719 e. The van der Waals surface area contributed by atoms with Crippen molar-refractivity contribution in [3.05, 3.63) is 74.4 Å². The molecule has 0 aromatic carbocycles. The standard InChI is InChI=1S/C16H13NS2/c1-12-5-2-7-15(17-12)14(16-8-4-10-19-16)11-13-6-3-9-18-13/h2-11H,1H3. The van der Waals surface area contributed by atoms with Crippen LogP contribution in [0.5, 0.6) is 0 Å². The number of nitrogens with zero attached hydrogens (tertiary/aromatic N) is 1. The van der Waals surface area contributed by atoms with Crippen molar-refractivity contribution in [1.29, 1.82) is 0 Å². The Morgan fingerprint density at radius 3 is 2.53 bits per heavy atom. The molecule has 3 aromatic heterocycles. The van der Waals surface area contributed by atoms with E-state index in [4.69, 9.17) is 0 Å². The van der Waals surface area contributed by atoms with Gasteiger partial charge in [-0.25, -0.2) is 0 Å². The molecule has 0 saturated carbocycles. The predicted octanol–water partition coefficient (Wildman–Crippen LogP) is 5.10. The van der Waals surface area contributed by atoms with Crippen LogP contribution in [0.25, 0.3) is 11.6 Å². The molecule has 0 saturated heterocycles. The normalized spacial score (nSPS) is 11.7. The van der Waals surface area contributed by atoms with E-state index in [9.17, 15) is 0 Å². The molecule has 3 aromatic rings. The van der Waals surface area contributed by atoms with Gasteiger partial charge in [0.1, 0.15) is 0 Å². The van der Waals surface area contributed by atoms with Crippen molar-refractivity contribution in [1.82, 2.24) is 4.98 Å². The van der Waals surface area contributed by atoms with Gasteiger partial charge < -0.3 is 0 Å². The molecule has 0 amide bonds. The summed E-state index contributed by atoms with van der Waals surface area (Å²) in [6, 6.07) is 14.6. The van der Waals surface area contributed by atoms with Crippen LogP contribution in [-0.4, -0.2) is 4.98 Å². The zero-order chi connectivity index (χ0) is 13.1. The highest BCUT2D eigenvalue weighted by atomic mass is 32.1. The van der Waals surface area contributed by atoms with E-state index in [0.717, 1.165) is 11.4 Å². The summed E-state index contributed by atoms with van der Waals surface area (Å²) in [4.78, 5) is 7.17. The van der Waals surface area contributed by atoms with Gasteiger partial charge in [-0.3, -0.25) is 4.98 Å². The summed E-state index contributed by atoms with van der Waals surface area (Å²) in [5.74, 6) is 0. The molecule has 0 aliphatic heterocycles. The van der Waals surface area contributed by atoms with Gasteiger partial charge in [0.2, 0.25) is 0 Å². The molecule has 0 bridgehead atoms. The Morgan fingerprint density at radius 2 is 1.84 bits per heavy atom. The minimum absolute atomic E-state index is 1.04. The van der Waals surface area contributed by atoms with Gasteiger partial charge in [-0.1, -0.05) is 18.2 Å². The number of aromatic nitrogens is 1. The van der Waals surface area contributed by atoms with E-state index in [1.165, 1.54) is 15.3 Å². The fourth-order valence-electron chi connectivity index (χ4n) is 1.91. The Morgan fingerprint density at radius 1 is 1.00 bits per heavy atom. The third-order valence-electron chi connectivity index (χ3n) is 2.78. The minimum atomic E-state index is 1.04. The average Bonchev–Trinajstić information content (AvgIpc) is 3.09. The van der Waals surface area contributed by atoms with E-state index in [1.807, 2.05) is 13.0 Å². The summed E-state index contributed by atoms with van der Waals surface area (Å²) >= 11 is 3.50. The van der Waals surface area contributed by atoms with E-state index < -0.39 is 0 Å². The van der Waals surface area contributed by atoms with E-state index in [-0.39, 0.29) is 0 Å². The van der Waals surface area contributed by atoms with Crippen LogP contribution in [0.1, 0.15) is 21.1 Å². The van der Waals surface area contributed by atoms with Crippen LogP contribution in [0.3, 0.4) is 0 Å². The topological polar surface area (TPSA) is 12.9 Å². The van der Waals surface area contributed by atoms with Gasteiger partial charge in [0.05, 0.1) is 5.69 Å². The Bertz CT molecular complexity index is 679. The molecule has 3 heterocycles. The molecule has 0 N–H and O–H groups in total. The molecule has 0 aliphatic carbocycles. The first-order chi connectivity index (χ1) is 9.33. The van der Waals surface area contributed by atoms with Crippen molar-refractivity contribution >= 4 is 34.3 Å². The molecule has 0 aliphatic rings. The van der Waals surface area contributed by atoms with Crippen molar-refractivity contribution in [2.75, 3.05) is 0 Å². The number of rotatable bonds is 3. The number of thiophene rings is 2. The monoisotopic (exact) mass is 283 g/mol. The molecule has 0 atom stereocenters. The maximum absolute atomic E-state index is 4.65. The highest BCUT2D eigenvalue weighted by Crippen LogP contribution is 2.29. The molecule has 3 rings (SSSR count). The fraction of sp³-hybridized carbons (Fsp3) is 0.0625. The van der Waals surface area contributed by atoms with E-state index >= 15 is 0 Å². The van der Waals surface area contributed by atoms with Crippen molar-refractivity contribution < 1.29 is 0 Å². The van der Waals surface area contributed by atoms with Crippen molar-refractivity contribution in [3.63, 3.8) is 0 Å². The summed E-state index contributed by atoms with van der Waals surface area (Å²) in [5, 5.41) is 4.20. The molecular weight excluding hydrogens is 270 g/mol. The lowest BCUT2D eigenvalue weighted by Crippen LogP contribution is -1.91.